The molecule has 0 aliphatic heterocycles. The van der Waals surface area contributed by atoms with Crippen molar-refractivity contribution in [2.45, 2.75) is 19.8 Å². The van der Waals surface area contributed by atoms with Crippen molar-refractivity contribution in [3.05, 3.63) is 60.2 Å². The van der Waals surface area contributed by atoms with Gasteiger partial charge in [-0.05, 0) is 37.6 Å². The predicted molar refractivity (Wildman–Crippen MR) is 86.2 cm³/mol. The number of ether oxygens (including phenoxy) is 1. The van der Waals surface area contributed by atoms with Crippen LogP contribution in [-0.4, -0.2) is 18.3 Å². The van der Waals surface area contributed by atoms with Crippen LogP contribution in [-0.2, 0) is 4.79 Å². The second kappa shape index (κ2) is 7.98. The van der Waals surface area contributed by atoms with Crippen LogP contribution >= 0.6 is 0 Å². The second-order valence-electron chi connectivity index (χ2n) is 4.92. The first-order chi connectivity index (χ1) is 10.7. The van der Waals surface area contributed by atoms with E-state index in [9.17, 15) is 9.59 Å². The van der Waals surface area contributed by atoms with Crippen LogP contribution in [0.5, 0.6) is 5.75 Å². The Morgan fingerprint density at radius 1 is 1.00 bits per heavy atom. The van der Waals surface area contributed by atoms with E-state index in [4.69, 9.17) is 4.74 Å². The molecule has 4 nitrogen and oxygen atoms in total. The SMILES string of the molecule is CC(=O)c1ccccc1NC(=O)CCCOc1ccccc1. The highest BCUT2D eigenvalue weighted by Crippen LogP contribution is 2.16. The maximum absolute atomic E-state index is 11.9. The van der Waals surface area contributed by atoms with Gasteiger partial charge in [0.2, 0.25) is 5.91 Å². The zero-order valence-electron chi connectivity index (χ0n) is 12.5. The number of ketones is 1. The summed E-state index contributed by atoms with van der Waals surface area (Å²) in [6, 6.07) is 16.5. The molecular weight excluding hydrogens is 278 g/mol. The fraction of sp³-hybridized carbons (Fsp3) is 0.222. The van der Waals surface area contributed by atoms with Crippen molar-refractivity contribution >= 4 is 17.4 Å². The first-order valence-corrected chi connectivity index (χ1v) is 7.24. The number of benzene rings is 2. The third-order valence-electron chi connectivity index (χ3n) is 3.14. The van der Waals surface area contributed by atoms with E-state index >= 15 is 0 Å². The van der Waals surface area contributed by atoms with Crippen LogP contribution in [0.2, 0.25) is 0 Å². The van der Waals surface area contributed by atoms with Crippen LogP contribution in [0.25, 0.3) is 0 Å². The smallest absolute Gasteiger partial charge is 0.224 e. The fourth-order valence-corrected chi connectivity index (χ4v) is 2.05. The van der Waals surface area contributed by atoms with Crippen molar-refractivity contribution in [3.63, 3.8) is 0 Å². The molecule has 0 unspecified atom stereocenters. The van der Waals surface area contributed by atoms with Gasteiger partial charge in [-0.2, -0.15) is 0 Å². The highest BCUT2D eigenvalue weighted by Gasteiger charge is 2.09. The molecule has 0 atom stereocenters. The Balaban J connectivity index is 1.78. The van der Waals surface area contributed by atoms with Gasteiger partial charge in [0.05, 0.1) is 12.3 Å². The number of carbonyl (C=O) groups excluding carboxylic acids is 2. The first kappa shape index (κ1) is 15.8. The molecule has 0 aliphatic carbocycles. The van der Waals surface area contributed by atoms with Crippen molar-refractivity contribution in [3.8, 4) is 5.75 Å². The van der Waals surface area contributed by atoms with Crippen LogP contribution in [0.1, 0.15) is 30.1 Å². The number of amides is 1. The summed E-state index contributed by atoms with van der Waals surface area (Å²) in [6.45, 7) is 1.96. The Morgan fingerprint density at radius 2 is 1.68 bits per heavy atom. The summed E-state index contributed by atoms with van der Waals surface area (Å²) >= 11 is 0. The van der Waals surface area contributed by atoms with E-state index in [1.807, 2.05) is 30.3 Å². The van der Waals surface area contributed by atoms with Crippen molar-refractivity contribution in [2.75, 3.05) is 11.9 Å². The molecule has 2 rings (SSSR count). The van der Waals surface area contributed by atoms with Crippen LogP contribution in [0.15, 0.2) is 54.6 Å². The average Bonchev–Trinajstić information content (AvgIpc) is 2.53. The van der Waals surface area contributed by atoms with Crippen LogP contribution in [0.3, 0.4) is 0 Å². The summed E-state index contributed by atoms with van der Waals surface area (Å²) in [6.07, 6.45) is 0.960. The zero-order valence-corrected chi connectivity index (χ0v) is 12.5. The molecule has 0 heterocycles. The molecule has 0 fully saturated rings. The number of hydrogen-bond acceptors (Lipinski definition) is 3. The van der Waals surface area contributed by atoms with Crippen molar-refractivity contribution in [1.29, 1.82) is 0 Å². The second-order valence-corrected chi connectivity index (χ2v) is 4.92. The monoisotopic (exact) mass is 297 g/mol. The third-order valence-corrected chi connectivity index (χ3v) is 3.14. The molecule has 2 aromatic carbocycles. The van der Waals surface area contributed by atoms with Gasteiger partial charge in [0.15, 0.2) is 5.78 Å². The quantitative estimate of drug-likeness (QED) is 0.626. The molecule has 0 aliphatic rings. The molecule has 0 saturated carbocycles. The Morgan fingerprint density at radius 3 is 2.41 bits per heavy atom. The minimum Gasteiger partial charge on any atom is -0.494 e. The van der Waals surface area contributed by atoms with Gasteiger partial charge in [0, 0.05) is 12.0 Å². The summed E-state index contributed by atoms with van der Waals surface area (Å²) in [5.41, 5.74) is 1.08. The van der Waals surface area contributed by atoms with E-state index < -0.39 is 0 Å². The molecule has 0 spiro atoms. The normalized spacial score (nSPS) is 10.0. The molecule has 0 bridgehead atoms. The Bertz CT molecular complexity index is 638. The van der Waals surface area contributed by atoms with Gasteiger partial charge in [0.25, 0.3) is 0 Å². The molecule has 1 amide bonds. The van der Waals surface area contributed by atoms with Gasteiger partial charge >= 0.3 is 0 Å². The summed E-state index contributed by atoms with van der Waals surface area (Å²) in [4.78, 5) is 23.4. The number of hydrogen-bond donors (Lipinski definition) is 1. The summed E-state index contributed by atoms with van der Waals surface area (Å²) in [7, 11) is 0. The lowest BCUT2D eigenvalue weighted by atomic mass is 10.1. The number of nitrogens with one attached hydrogen (secondary N) is 1. The van der Waals surface area contributed by atoms with E-state index in [2.05, 4.69) is 5.32 Å². The lowest BCUT2D eigenvalue weighted by molar-refractivity contribution is -0.116. The van der Waals surface area contributed by atoms with Crippen LogP contribution in [0, 0.1) is 0 Å². The molecule has 22 heavy (non-hydrogen) atoms. The highest BCUT2D eigenvalue weighted by molar-refractivity contribution is 6.03. The van der Waals surface area contributed by atoms with Crippen LogP contribution in [0.4, 0.5) is 5.69 Å². The first-order valence-electron chi connectivity index (χ1n) is 7.24. The van der Waals surface area contributed by atoms with E-state index in [-0.39, 0.29) is 11.7 Å². The largest absolute Gasteiger partial charge is 0.494 e. The maximum atomic E-state index is 11.9. The minimum atomic E-state index is -0.120. The standard InChI is InChI=1S/C18H19NO3/c1-14(20)16-10-5-6-11-17(16)19-18(21)12-7-13-22-15-8-3-2-4-9-15/h2-6,8-11H,7,12-13H2,1H3,(H,19,21). The summed E-state index contributed by atoms with van der Waals surface area (Å²) in [5.74, 6) is 0.610. The van der Waals surface area contributed by atoms with Gasteiger partial charge < -0.3 is 10.1 Å². The van der Waals surface area contributed by atoms with Gasteiger partial charge in [-0.1, -0.05) is 30.3 Å². The molecule has 114 valence electrons. The Hall–Kier alpha value is -2.62. The molecule has 0 aromatic heterocycles. The maximum Gasteiger partial charge on any atom is 0.224 e. The summed E-state index contributed by atoms with van der Waals surface area (Å²) in [5, 5.41) is 2.78. The van der Waals surface area contributed by atoms with Gasteiger partial charge in [0.1, 0.15) is 5.75 Å². The molecule has 2 aromatic rings. The van der Waals surface area contributed by atoms with E-state index in [0.29, 0.717) is 30.7 Å². The highest BCUT2D eigenvalue weighted by atomic mass is 16.5. The lowest BCUT2D eigenvalue weighted by Crippen LogP contribution is -2.14. The van der Waals surface area contributed by atoms with Crippen molar-refractivity contribution < 1.29 is 14.3 Å². The molecule has 0 radical (unpaired) electrons. The molecular formula is C18H19NO3. The Labute approximate surface area is 130 Å². The number of Topliss-reactive ketones (excluding diaryl/α,β-unsaturated/α-hetero) is 1. The van der Waals surface area contributed by atoms with Gasteiger partial charge in [-0.25, -0.2) is 0 Å². The molecule has 0 saturated heterocycles. The van der Waals surface area contributed by atoms with E-state index in [0.717, 1.165) is 5.75 Å². The number of rotatable bonds is 7. The number of para-hydroxylation sites is 2. The zero-order chi connectivity index (χ0) is 15.8. The Kier molecular flexibility index (Phi) is 5.72. The van der Waals surface area contributed by atoms with Gasteiger partial charge in [-0.3, -0.25) is 9.59 Å². The average molecular weight is 297 g/mol. The fourth-order valence-electron chi connectivity index (χ4n) is 2.05. The molecule has 1 N–H and O–H groups in total. The summed E-state index contributed by atoms with van der Waals surface area (Å²) < 4.78 is 5.53. The van der Waals surface area contributed by atoms with E-state index in [1.54, 1.807) is 24.3 Å². The molecule has 4 heteroatoms. The topological polar surface area (TPSA) is 55.4 Å². The minimum absolute atomic E-state index is 0.0664. The number of carbonyl (C=O) groups is 2. The van der Waals surface area contributed by atoms with Crippen molar-refractivity contribution in [2.24, 2.45) is 0 Å². The lowest BCUT2D eigenvalue weighted by Gasteiger charge is -2.09. The number of anilines is 1. The van der Waals surface area contributed by atoms with Crippen molar-refractivity contribution in [1.82, 2.24) is 0 Å². The van der Waals surface area contributed by atoms with Crippen LogP contribution < -0.4 is 10.1 Å². The third kappa shape index (κ3) is 4.74. The predicted octanol–water partition coefficient (Wildman–Crippen LogP) is 3.69. The van der Waals surface area contributed by atoms with E-state index in [1.165, 1.54) is 6.92 Å². The van der Waals surface area contributed by atoms with Gasteiger partial charge in [-0.15, -0.1) is 0 Å².